The van der Waals surface area contributed by atoms with Crippen LogP contribution in [-0.2, 0) is 16.0 Å². The van der Waals surface area contributed by atoms with Crippen molar-refractivity contribution in [1.82, 2.24) is 20.2 Å². The number of nitrogens with one attached hydrogen (secondary N) is 1. The Bertz CT molecular complexity index is 522. The highest BCUT2D eigenvalue weighted by Crippen LogP contribution is 2.32. The van der Waals surface area contributed by atoms with Crippen LogP contribution in [0.5, 0.6) is 0 Å². The van der Waals surface area contributed by atoms with Gasteiger partial charge < -0.3 is 10.2 Å². The lowest BCUT2D eigenvalue weighted by Gasteiger charge is -2.31. The summed E-state index contributed by atoms with van der Waals surface area (Å²) >= 11 is 0. The van der Waals surface area contributed by atoms with Crippen LogP contribution in [0.3, 0.4) is 0 Å². The summed E-state index contributed by atoms with van der Waals surface area (Å²) in [6.07, 6.45) is 9.34. The summed E-state index contributed by atoms with van der Waals surface area (Å²) in [7, 11) is 0. The van der Waals surface area contributed by atoms with E-state index in [0.29, 0.717) is 18.9 Å². The highest BCUT2D eigenvalue weighted by Gasteiger charge is 2.35. The summed E-state index contributed by atoms with van der Waals surface area (Å²) in [5, 5.41) is 2.97. The second kappa shape index (κ2) is 6.85. The number of amides is 2. The van der Waals surface area contributed by atoms with E-state index < -0.39 is 0 Å². The van der Waals surface area contributed by atoms with E-state index in [1.807, 2.05) is 4.90 Å². The first-order valence-corrected chi connectivity index (χ1v) is 8.05. The highest BCUT2D eigenvalue weighted by atomic mass is 16.2. The minimum absolute atomic E-state index is 0.0325. The maximum Gasteiger partial charge on any atom is 0.225 e. The predicted molar refractivity (Wildman–Crippen MR) is 80.8 cm³/mol. The number of aromatic nitrogens is 2. The van der Waals surface area contributed by atoms with Gasteiger partial charge in [0.1, 0.15) is 0 Å². The van der Waals surface area contributed by atoms with Crippen molar-refractivity contribution in [3.05, 3.63) is 24.3 Å². The zero-order chi connectivity index (χ0) is 15.4. The Morgan fingerprint density at radius 1 is 1.14 bits per heavy atom. The fourth-order valence-corrected chi connectivity index (χ4v) is 2.87. The normalized spacial score (nSPS) is 19.0. The molecular weight excluding hydrogens is 280 g/mol. The van der Waals surface area contributed by atoms with E-state index in [1.54, 1.807) is 18.6 Å². The number of likely N-dealkylation sites (tertiary alicyclic amines) is 1. The average molecular weight is 302 g/mol. The van der Waals surface area contributed by atoms with Gasteiger partial charge in [0.25, 0.3) is 0 Å². The maximum absolute atomic E-state index is 12.2. The molecule has 2 amide bonds. The molecule has 2 heterocycles. The Hall–Kier alpha value is -1.98. The van der Waals surface area contributed by atoms with Gasteiger partial charge in [-0.1, -0.05) is 0 Å². The standard InChI is InChI=1S/C16H22N4O2/c21-15(19-6-3-14-11-17-7-8-18-14)12-4-9-20(10-5-12)16(22)13-1-2-13/h7-8,11-13H,1-6,9-10H2,(H,19,21). The Morgan fingerprint density at radius 3 is 2.55 bits per heavy atom. The van der Waals surface area contributed by atoms with Gasteiger partial charge in [-0.15, -0.1) is 0 Å². The molecule has 0 radical (unpaired) electrons. The van der Waals surface area contributed by atoms with Crippen LogP contribution in [0.1, 0.15) is 31.4 Å². The van der Waals surface area contributed by atoms with Gasteiger partial charge in [0, 0.05) is 56.5 Å². The van der Waals surface area contributed by atoms with Crippen LogP contribution in [0.4, 0.5) is 0 Å². The van der Waals surface area contributed by atoms with Crippen molar-refractivity contribution in [2.75, 3.05) is 19.6 Å². The number of nitrogens with zero attached hydrogens (tertiary/aromatic N) is 3. The van der Waals surface area contributed by atoms with Crippen molar-refractivity contribution in [2.24, 2.45) is 11.8 Å². The van der Waals surface area contributed by atoms with Crippen molar-refractivity contribution >= 4 is 11.8 Å². The van der Waals surface area contributed by atoms with Crippen LogP contribution < -0.4 is 5.32 Å². The number of carbonyl (C=O) groups excluding carboxylic acids is 2. The number of piperidine rings is 1. The van der Waals surface area contributed by atoms with Gasteiger partial charge >= 0.3 is 0 Å². The van der Waals surface area contributed by atoms with Crippen molar-refractivity contribution < 1.29 is 9.59 Å². The van der Waals surface area contributed by atoms with Crippen LogP contribution >= 0.6 is 0 Å². The lowest BCUT2D eigenvalue weighted by Crippen LogP contribution is -2.43. The zero-order valence-corrected chi connectivity index (χ0v) is 12.7. The SMILES string of the molecule is O=C(NCCc1cnccn1)C1CCN(C(=O)C2CC2)CC1. The molecule has 1 saturated heterocycles. The first-order valence-electron chi connectivity index (χ1n) is 8.05. The quantitative estimate of drug-likeness (QED) is 0.872. The van der Waals surface area contributed by atoms with Crippen molar-refractivity contribution in [3.8, 4) is 0 Å². The van der Waals surface area contributed by atoms with E-state index in [0.717, 1.165) is 44.5 Å². The number of hydrogen-bond acceptors (Lipinski definition) is 4. The fraction of sp³-hybridized carbons (Fsp3) is 0.625. The molecule has 0 bridgehead atoms. The Balaban J connectivity index is 1.37. The second-order valence-electron chi connectivity index (χ2n) is 6.11. The van der Waals surface area contributed by atoms with E-state index in [-0.39, 0.29) is 17.7 Å². The number of carbonyl (C=O) groups is 2. The maximum atomic E-state index is 12.2. The molecule has 1 aliphatic heterocycles. The molecule has 1 aromatic rings. The Kier molecular flexibility index (Phi) is 4.65. The van der Waals surface area contributed by atoms with Crippen molar-refractivity contribution in [2.45, 2.75) is 32.1 Å². The van der Waals surface area contributed by atoms with E-state index in [9.17, 15) is 9.59 Å². The molecule has 0 atom stereocenters. The largest absolute Gasteiger partial charge is 0.355 e. The minimum atomic E-state index is 0.0325. The van der Waals surface area contributed by atoms with E-state index in [4.69, 9.17) is 0 Å². The topological polar surface area (TPSA) is 75.2 Å². The van der Waals surface area contributed by atoms with Gasteiger partial charge in [0.05, 0.1) is 5.69 Å². The molecule has 1 aliphatic carbocycles. The van der Waals surface area contributed by atoms with Crippen molar-refractivity contribution in [3.63, 3.8) is 0 Å². The van der Waals surface area contributed by atoms with Gasteiger partial charge in [-0.3, -0.25) is 19.6 Å². The zero-order valence-electron chi connectivity index (χ0n) is 12.7. The van der Waals surface area contributed by atoms with Gasteiger partial charge in [-0.2, -0.15) is 0 Å². The molecule has 0 spiro atoms. The summed E-state index contributed by atoms with van der Waals surface area (Å²) in [5.74, 6) is 0.700. The Labute approximate surface area is 130 Å². The lowest BCUT2D eigenvalue weighted by atomic mass is 9.95. The molecule has 1 saturated carbocycles. The van der Waals surface area contributed by atoms with E-state index >= 15 is 0 Å². The van der Waals surface area contributed by atoms with Crippen LogP contribution in [0.2, 0.25) is 0 Å². The second-order valence-corrected chi connectivity index (χ2v) is 6.11. The predicted octanol–water partition coefficient (Wildman–Crippen LogP) is 0.784. The van der Waals surface area contributed by atoms with Crippen LogP contribution in [0, 0.1) is 11.8 Å². The van der Waals surface area contributed by atoms with E-state index in [1.165, 1.54) is 0 Å². The molecule has 0 aromatic carbocycles. The van der Waals surface area contributed by atoms with Crippen molar-refractivity contribution in [1.29, 1.82) is 0 Å². The van der Waals surface area contributed by atoms with Gasteiger partial charge in [0.15, 0.2) is 0 Å². The van der Waals surface area contributed by atoms with E-state index in [2.05, 4.69) is 15.3 Å². The lowest BCUT2D eigenvalue weighted by molar-refractivity contribution is -0.136. The Morgan fingerprint density at radius 2 is 1.91 bits per heavy atom. The van der Waals surface area contributed by atoms with Crippen LogP contribution in [0.25, 0.3) is 0 Å². The minimum Gasteiger partial charge on any atom is -0.355 e. The monoisotopic (exact) mass is 302 g/mol. The first-order chi connectivity index (χ1) is 10.7. The first kappa shape index (κ1) is 14.9. The van der Waals surface area contributed by atoms with Gasteiger partial charge in [-0.25, -0.2) is 0 Å². The number of rotatable bonds is 5. The summed E-state index contributed by atoms with van der Waals surface area (Å²) in [4.78, 5) is 34.3. The van der Waals surface area contributed by atoms with Gasteiger partial charge in [-0.05, 0) is 25.7 Å². The molecule has 2 fully saturated rings. The summed E-state index contributed by atoms with van der Waals surface area (Å²) < 4.78 is 0. The summed E-state index contributed by atoms with van der Waals surface area (Å²) in [6, 6.07) is 0. The molecule has 22 heavy (non-hydrogen) atoms. The average Bonchev–Trinajstić information content (AvgIpc) is 3.40. The van der Waals surface area contributed by atoms with Crippen LogP contribution in [0.15, 0.2) is 18.6 Å². The number of hydrogen-bond donors (Lipinski definition) is 1. The molecule has 3 rings (SSSR count). The third kappa shape index (κ3) is 3.81. The molecule has 118 valence electrons. The fourth-order valence-electron chi connectivity index (χ4n) is 2.87. The van der Waals surface area contributed by atoms with Crippen LogP contribution in [-0.4, -0.2) is 46.3 Å². The molecule has 6 heteroatoms. The molecule has 6 nitrogen and oxygen atoms in total. The van der Waals surface area contributed by atoms with Gasteiger partial charge in [0.2, 0.25) is 11.8 Å². The molecule has 0 unspecified atom stereocenters. The third-order valence-corrected chi connectivity index (χ3v) is 4.40. The smallest absolute Gasteiger partial charge is 0.225 e. The molecule has 2 aliphatic rings. The molecule has 1 N–H and O–H groups in total. The summed E-state index contributed by atoms with van der Waals surface area (Å²) in [6.45, 7) is 2.02. The molecular formula is C16H22N4O2. The third-order valence-electron chi connectivity index (χ3n) is 4.40. The summed E-state index contributed by atoms with van der Waals surface area (Å²) in [5.41, 5.74) is 0.882. The highest BCUT2D eigenvalue weighted by molar-refractivity contribution is 5.82. The molecule has 1 aromatic heterocycles.